The van der Waals surface area contributed by atoms with Crippen LogP contribution in [0.1, 0.15) is 24.0 Å². The smallest absolute Gasteiger partial charge is 0.226 e. The summed E-state index contributed by atoms with van der Waals surface area (Å²) in [4.78, 5) is 14.1. The van der Waals surface area contributed by atoms with Crippen LogP contribution in [-0.2, 0) is 11.2 Å². The Labute approximate surface area is 116 Å². The molecule has 1 atom stereocenters. The molecular weight excluding hydrogens is 236 g/mol. The van der Waals surface area contributed by atoms with Gasteiger partial charge in [0.15, 0.2) is 0 Å². The summed E-state index contributed by atoms with van der Waals surface area (Å²) in [5.41, 5.74) is 2.58. The first-order valence-corrected chi connectivity index (χ1v) is 7.18. The van der Waals surface area contributed by atoms with Gasteiger partial charge >= 0.3 is 0 Å². The number of hydrogen-bond donors (Lipinski definition) is 1. The molecule has 0 aromatic heterocycles. The van der Waals surface area contributed by atoms with Crippen molar-refractivity contribution in [1.82, 2.24) is 10.2 Å². The molecule has 1 heterocycles. The fourth-order valence-electron chi connectivity index (χ4n) is 2.54. The zero-order valence-corrected chi connectivity index (χ0v) is 12.0. The van der Waals surface area contributed by atoms with E-state index in [1.165, 1.54) is 11.1 Å². The van der Waals surface area contributed by atoms with Crippen LogP contribution in [0.15, 0.2) is 24.3 Å². The van der Waals surface area contributed by atoms with Gasteiger partial charge in [0.05, 0.1) is 5.92 Å². The van der Waals surface area contributed by atoms with E-state index in [1.54, 1.807) is 0 Å². The minimum atomic E-state index is 0.178. The molecule has 3 nitrogen and oxygen atoms in total. The van der Waals surface area contributed by atoms with E-state index in [4.69, 9.17) is 0 Å². The zero-order chi connectivity index (χ0) is 13.7. The van der Waals surface area contributed by atoms with E-state index < -0.39 is 0 Å². The van der Waals surface area contributed by atoms with Gasteiger partial charge in [0.25, 0.3) is 0 Å². The second-order valence-corrected chi connectivity index (χ2v) is 5.54. The highest BCUT2D eigenvalue weighted by atomic mass is 16.2. The maximum absolute atomic E-state index is 12.3. The summed E-state index contributed by atoms with van der Waals surface area (Å²) in [5.74, 6) is 0.469. The Bertz CT molecular complexity index is 407. The zero-order valence-electron chi connectivity index (χ0n) is 12.0. The second kappa shape index (κ2) is 6.71. The first-order valence-electron chi connectivity index (χ1n) is 7.18. The molecule has 1 saturated heterocycles. The van der Waals surface area contributed by atoms with Crippen LogP contribution >= 0.6 is 0 Å². The molecule has 0 bridgehead atoms. The lowest BCUT2D eigenvalue weighted by Crippen LogP contribution is -2.42. The van der Waals surface area contributed by atoms with Crippen molar-refractivity contribution < 1.29 is 4.79 Å². The van der Waals surface area contributed by atoms with E-state index in [-0.39, 0.29) is 5.92 Å². The van der Waals surface area contributed by atoms with Gasteiger partial charge in [-0.15, -0.1) is 0 Å². The van der Waals surface area contributed by atoms with Crippen LogP contribution in [0, 0.1) is 12.8 Å². The van der Waals surface area contributed by atoms with Crippen molar-refractivity contribution in [2.45, 2.75) is 26.2 Å². The molecule has 0 spiro atoms. The largest absolute Gasteiger partial charge is 0.345 e. The average molecular weight is 260 g/mol. The minimum Gasteiger partial charge on any atom is -0.345 e. The van der Waals surface area contributed by atoms with E-state index in [9.17, 15) is 4.79 Å². The number of aryl methyl sites for hydroxylation is 1. The van der Waals surface area contributed by atoms with Crippen molar-refractivity contribution >= 4 is 5.91 Å². The number of hydrogen-bond acceptors (Lipinski definition) is 2. The monoisotopic (exact) mass is 260 g/mol. The maximum Gasteiger partial charge on any atom is 0.226 e. The number of carbonyl (C=O) groups is 1. The molecule has 0 aliphatic carbocycles. The predicted molar refractivity (Wildman–Crippen MR) is 78.1 cm³/mol. The number of nitrogens with zero attached hydrogens (tertiary/aromatic N) is 1. The molecular formula is C16H24N2O. The van der Waals surface area contributed by atoms with Gasteiger partial charge in [0.2, 0.25) is 5.91 Å². The number of carbonyl (C=O) groups excluding carboxylic acids is 1. The Balaban J connectivity index is 1.81. The van der Waals surface area contributed by atoms with Gasteiger partial charge in [-0.25, -0.2) is 0 Å². The number of nitrogens with one attached hydrogen (secondary N) is 1. The maximum atomic E-state index is 12.3. The summed E-state index contributed by atoms with van der Waals surface area (Å²) in [7, 11) is 1.92. The van der Waals surface area contributed by atoms with E-state index >= 15 is 0 Å². The Morgan fingerprint density at radius 1 is 1.37 bits per heavy atom. The lowest BCUT2D eigenvalue weighted by molar-refractivity contribution is -0.134. The predicted octanol–water partition coefficient (Wildman–Crippen LogP) is 2.00. The summed E-state index contributed by atoms with van der Waals surface area (Å²) in [6.45, 7) is 4.79. The molecule has 1 N–H and O–H groups in total. The van der Waals surface area contributed by atoms with Crippen LogP contribution in [0.25, 0.3) is 0 Å². The summed E-state index contributed by atoms with van der Waals surface area (Å²) in [6, 6.07) is 8.55. The van der Waals surface area contributed by atoms with Gasteiger partial charge in [-0.05, 0) is 38.3 Å². The highest BCUT2D eigenvalue weighted by molar-refractivity contribution is 5.78. The van der Waals surface area contributed by atoms with Gasteiger partial charge in [-0.3, -0.25) is 4.79 Å². The Morgan fingerprint density at radius 2 is 2.11 bits per heavy atom. The van der Waals surface area contributed by atoms with E-state index in [1.807, 2.05) is 11.9 Å². The Morgan fingerprint density at radius 3 is 2.74 bits per heavy atom. The lowest BCUT2D eigenvalue weighted by Gasteiger charge is -2.27. The van der Waals surface area contributed by atoms with Crippen molar-refractivity contribution in [2.24, 2.45) is 5.92 Å². The van der Waals surface area contributed by atoms with E-state index in [0.717, 1.165) is 38.9 Å². The van der Waals surface area contributed by atoms with Gasteiger partial charge < -0.3 is 10.2 Å². The first kappa shape index (κ1) is 14.1. The van der Waals surface area contributed by atoms with Crippen molar-refractivity contribution in [3.8, 4) is 0 Å². The fourth-order valence-corrected chi connectivity index (χ4v) is 2.54. The van der Waals surface area contributed by atoms with Crippen molar-refractivity contribution in [1.29, 1.82) is 0 Å². The highest BCUT2D eigenvalue weighted by Crippen LogP contribution is 2.13. The number of likely N-dealkylation sites (N-methyl/N-ethyl adjacent to an activating group) is 1. The van der Waals surface area contributed by atoms with Crippen LogP contribution in [0.3, 0.4) is 0 Å². The number of amides is 1. The average Bonchev–Trinajstić information content (AvgIpc) is 2.46. The summed E-state index contributed by atoms with van der Waals surface area (Å²) >= 11 is 0. The van der Waals surface area contributed by atoms with Crippen LogP contribution in [0.5, 0.6) is 0 Å². The molecule has 0 saturated carbocycles. The van der Waals surface area contributed by atoms with Crippen LogP contribution in [-0.4, -0.2) is 37.5 Å². The molecule has 1 aliphatic rings. The summed E-state index contributed by atoms with van der Waals surface area (Å²) < 4.78 is 0. The fraction of sp³-hybridized carbons (Fsp3) is 0.562. The molecule has 0 radical (unpaired) electrons. The van der Waals surface area contributed by atoms with Gasteiger partial charge in [0.1, 0.15) is 0 Å². The molecule has 104 valence electrons. The van der Waals surface area contributed by atoms with Crippen LogP contribution in [0.4, 0.5) is 0 Å². The van der Waals surface area contributed by atoms with Crippen LogP contribution < -0.4 is 5.32 Å². The molecule has 1 amide bonds. The van der Waals surface area contributed by atoms with E-state index in [0.29, 0.717) is 5.91 Å². The third-order valence-electron chi connectivity index (χ3n) is 3.88. The third kappa shape index (κ3) is 4.06. The summed E-state index contributed by atoms with van der Waals surface area (Å²) in [5, 5.41) is 3.30. The Kier molecular flexibility index (Phi) is 4.97. The molecule has 1 unspecified atom stereocenters. The number of piperidine rings is 1. The van der Waals surface area contributed by atoms with Crippen molar-refractivity contribution in [3.63, 3.8) is 0 Å². The normalized spacial score (nSPS) is 19.2. The molecule has 1 fully saturated rings. The first-order chi connectivity index (χ1) is 9.16. The van der Waals surface area contributed by atoms with Gasteiger partial charge in [-0.2, -0.15) is 0 Å². The molecule has 2 rings (SSSR count). The van der Waals surface area contributed by atoms with Gasteiger partial charge in [0, 0.05) is 20.1 Å². The van der Waals surface area contributed by atoms with Crippen molar-refractivity contribution in [3.05, 3.63) is 35.4 Å². The number of rotatable bonds is 4. The standard InChI is InChI=1S/C16H24N2O/c1-13-5-7-14(8-6-13)9-11-18(2)16(19)15-4-3-10-17-12-15/h5-8,15,17H,3-4,9-12H2,1-2H3. The molecule has 1 aromatic rings. The quantitative estimate of drug-likeness (QED) is 0.898. The third-order valence-corrected chi connectivity index (χ3v) is 3.88. The van der Waals surface area contributed by atoms with Crippen molar-refractivity contribution in [2.75, 3.05) is 26.7 Å². The van der Waals surface area contributed by atoms with Gasteiger partial charge in [-0.1, -0.05) is 29.8 Å². The highest BCUT2D eigenvalue weighted by Gasteiger charge is 2.23. The topological polar surface area (TPSA) is 32.3 Å². The Hall–Kier alpha value is -1.35. The molecule has 3 heteroatoms. The minimum absolute atomic E-state index is 0.178. The number of benzene rings is 1. The van der Waals surface area contributed by atoms with Crippen LogP contribution in [0.2, 0.25) is 0 Å². The molecule has 19 heavy (non-hydrogen) atoms. The SMILES string of the molecule is Cc1ccc(CCN(C)C(=O)C2CCCNC2)cc1. The molecule has 1 aliphatic heterocycles. The second-order valence-electron chi connectivity index (χ2n) is 5.54. The lowest BCUT2D eigenvalue weighted by atomic mass is 9.98. The summed E-state index contributed by atoms with van der Waals surface area (Å²) in [6.07, 6.45) is 3.07. The molecule has 1 aromatic carbocycles. The van der Waals surface area contributed by atoms with E-state index in [2.05, 4.69) is 36.5 Å².